The Bertz CT molecular complexity index is 1310. The number of carbonyl (C=O) groups is 3. The molecule has 2 aromatic carbocycles. The number of aliphatic hydroxyl groups excluding tert-OH is 1. The zero-order valence-electron chi connectivity index (χ0n) is 25.0. The van der Waals surface area contributed by atoms with Crippen LogP contribution in [0.4, 0.5) is 5.69 Å². The highest BCUT2D eigenvalue weighted by molar-refractivity contribution is 9.09. The zero-order valence-corrected chi connectivity index (χ0v) is 26.6. The van der Waals surface area contributed by atoms with Crippen LogP contribution in [0.15, 0.2) is 60.7 Å². The lowest BCUT2D eigenvalue weighted by Crippen LogP contribution is -2.61. The first-order chi connectivity index (χ1) is 19.8. The average Bonchev–Trinajstić information content (AvgIpc) is 3.50. The number of aliphatic hydroxyl groups is 1. The Hall–Kier alpha value is -2.75. The molecule has 3 saturated heterocycles. The van der Waals surface area contributed by atoms with Crippen LogP contribution in [-0.4, -0.2) is 68.5 Å². The van der Waals surface area contributed by atoms with Crippen molar-refractivity contribution in [3.05, 3.63) is 66.2 Å². The summed E-state index contributed by atoms with van der Waals surface area (Å²) in [5.74, 6) is -2.61. The van der Waals surface area contributed by atoms with Crippen molar-refractivity contribution in [2.24, 2.45) is 17.3 Å². The molecule has 1 spiro atoms. The van der Waals surface area contributed by atoms with Crippen molar-refractivity contribution in [3.8, 4) is 0 Å². The van der Waals surface area contributed by atoms with Crippen molar-refractivity contribution in [3.63, 3.8) is 0 Å². The fourth-order valence-corrected chi connectivity index (χ4v) is 8.66. The molecule has 3 aliphatic rings. The van der Waals surface area contributed by atoms with Crippen LogP contribution in [-0.2, 0) is 25.5 Å². The minimum Gasteiger partial charge on any atom is -0.394 e. The predicted molar refractivity (Wildman–Crippen MR) is 165 cm³/mol. The quantitative estimate of drug-likeness (QED) is 0.355. The Kier molecular flexibility index (Phi) is 8.33. The lowest BCUT2D eigenvalue weighted by molar-refractivity contribution is -0.145. The van der Waals surface area contributed by atoms with Crippen molar-refractivity contribution in [2.45, 2.75) is 88.0 Å². The van der Waals surface area contributed by atoms with E-state index in [1.54, 1.807) is 12.1 Å². The molecule has 7 atom stereocenters. The highest BCUT2D eigenvalue weighted by Crippen LogP contribution is 2.60. The van der Waals surface area contributed by atoms with Gasteiger partial charge in [-0.1, -0.05) is 85.2 Å². The number of fused-ring (bicyclic) bond motifs is 1. The molecule has 42 heavy (non-hydrogen) atoms. The Morgan fingerprint density at radius 3 is 2.26 bits per heavy atom. The number of hydrogen-bond donors (Lipinski definition) is 3. The summed E-state index contributed by atoms with van der Waals surface area (Å²) in [4.78, 5) is 44.0. The number of halogens is 1. The third kappa shape index (κ3) is 5.75. The van der Waals surface area contributed by atoms with E-state index in [1.165, 1.54) is 4.90 Å². The number of para-hydroxylation sites is 1. The number of nitrogens with one attached hydrogen (secondary N) is 2. The molecule has 8 nitrogen and oxygen atoms in total. The Morgan fingerprint density at radius 1 is 1.05 bits per heavy atom. The predicted octanol–water partition coefficient (Wildman–Crippen LogP) is 4.31. The minimum absolute atomic E-state index is 0.0480. The smallest absolute Gasteiger partial charge is 0.246 e. The molecule has 3 amide bonds. The molecule has 226 valence electrons. The number of nitrogens with zero attached hydrogens (tertiary/aromatic N) is 1. The maximum Gasteiger partial charge on any atom is 0.246 e. The summed E-state index contributed by atoms with van der Waals surface area (Å²) < 4.78 is 6.65. The van der Waals surface area contributed by atoms with Gasteiger partial charge in [0.15, 0.2) is 0 Å². The van der Waals surface area contributed by atoms with Crippen LogP contribution in [0.25, 0.3) is 0 Å². The molecule has 3 heterocycles. The number of anilines is 1. The highest BCUT2D eigenvalue weighted by Gasteiger charge is 2.77. The number of amides is 3. The fourth-order valence-electron chi connectivity index (χ4n) is 7.72. The number of carbonyl (C=O) groups excluding carboxylic acids is 3. The lowest BCUT2D eigenvalue weighted by Gasteiger charge is -2.40. The summed E-state index contributed by atoms with van der Waals surface area (Å²) in [6.07, 6.45) is 0.914. The van der Waals surface area contributed by atoms with Gasteiger partial charge in [-0.05, 0) is 56.2 Å². The van der Waals surface area contributed by atoms with Gasteiger partial charge in [0.2, 0.25) is 17.7 Å². The first-order valence-corrected chi connectivity index (χ1v) is 15.6. The summed E-state index contributed by atoms with van der Waals surface area (Å²) in [5.41, 5.74) is -0.258. The summed E-state index contributed by atoms with van der Waals surface area (Å²) in [6.45, 7) is 9.99. The maximum absolute atomic E-state index is 14.5. The fraction of sp³-hybridized carbons (Fsp3) is 0.545. The largest absolute Gasteiger partial charge is 0.394 e. The summed E-state index contributed by atoms with van der Waals surface area (Å²) in [6, 6.07) is 17.1. The molecule has 9 heteroatoms. The standard InChI is InChI=1S/C33H42BrN3O5/c1-31(2,3)19-32(4,5)36-29(40)27-33-17-23(34)26(42-33)24(28(39)35-21-14-10-7-11-15-21)25(33)30(41)37(27)22(18-38)16-20-12-8-6-9-13-20/h6-15,22-27,38H,16-19H2,1-5H3,(H,35,39)(H,36,40)/t22-,23?,24-,25+,26-,27?,33?/m1/s1. The maximum atomic E-state index is 14.5. The normalized spacial score (nSPS) is 29.4. The number of rotatable bonds is 9. The van der Waals surface area contributed by atoms with Crippen molar-refractivity contribution in [2.75, 3.05) is 11.9 Å². The van der Waals surface area contributed by atoms with Gasteiger partial charge < -0.3 is 25.4 Å². The first-order valence-electron chi connectivity index (χ1n) is 14.7. The molecule has 0 aromatic heterocycles. The zero-order chi connectivity index (χ0) is 30.4. The monoisotopic (exact) mass is 639 g/mol. The molecular formula is C33H42BrN3O5. The second-order valence-corrected chi connectivity index (χ2v) is 15.1. The van der Waals surface area contributed by atoms with E-state index >= 15 is 0 Å². The van der Waals surface area contributed by atoms with Gasteiger partial charge >= 0.3 is 0 Å². The first kappa shape index (κ1) is 30.7. The van der Waals surface area contributed by atoms with Gasteiger partial charge in [0.05, 0.1) is 30.6 Å². The Morgan fingerprint density at radius 2 is 1.67 bits per heavy atom. The Labute approximate surface area is 256 Å². The van der Waals surface area contributed by atoms with E-state index in [0.29, 0.717) is 24.9 Å². The number of benzene rings is 2. The van der Waals surface area contributed by atoms with Crippen molar-refractivity contribution in [1.82, 2.24) is 10.2 Å². The summed E-state index contributed by atoms with van der Waals surface area (Å²) in [7, 11) is 0. The number of alkyl halides is 1. The second kappa shape index (κ2) is 11.4. The third-order valence-corrected chi connectivity index (χ3v) is 9.52. The van der Waals surface area contributed by atoms with E-state index in [2.05, 4.69) is 47.3 Å². The molecule has 0 saturated carbocycles. The van der Waals surface area contributed by atoms with Gasteiger partial charge in [0.25, 0.3) is 0 Å². The van der Waals surface area contributed by atoms with Gasteiger partial charge in [-0.2, -0.15) is 0 Å². The van der Waals surface area contributed by atoms with Crippen molar-refractivity contribution < 1.29 is 24.2 Å². The van der Waals surface area contributed by atoms with E-state index in [9.17, 15) is 19.5 Å². The minimum atomic E-state index is -1.21. The number of ether oxygens (including phenoxy) is 1. The lowest BCUT2D eigenvalue weighted by atomic mass is 9.70. The molecule has 5 rings (SSSR count). The molecule has 3 unspecified atom stereocenters. The number of hydrogen-bond acceptors (Lipinski definition) is 5. The van der Waals surface area contributed by atoms with E-state index in [-0.39, 0.29) is 34.6 Å². The second-order valence-electron chi connectivity index (χ2n) is 13.9. The molecule has 3 fully saturated rings. The van der Waals surface area contributed by atoms with Crippen LogP contribution >= 0.6 is 15.9 Å². The molecule has 3 aliphatic heterocycles. The van der Waals surface area contributed by atoms with Crippen molar-refractivity contribution >= 4 is 39.3 Å². The molecule has 2 bridgehead atoms. The van der Waals surface area contributed by atoms with Gasteiger partial charge in [-0.15, -0.1) is 0 Å². The molecule has 3 N–H and O–H groups in total. The van der Waals surface area contributed by atoms with Crippen LogP contribution in [0, 0.1) is 17.3 Å². The molecular weight excluding hydrogens is 598 g/mol. The topological polar surface area (TPSA) is 108 Å². The average molecular weight is 641 g/mol. The highest BCUT2D eigenvalue weighted by atomic mass is 79.9. The van der Waals surface area contributed by atoms with Crippen LogP contribution in [0.3, 0.4) is 0 Å². The Balaban J connectivity index is 1.54. The van der Waals surface area contributed by atoms with Gasteiger partial charge in [-0.3, -0.25) is 14.4 Å². The van der Waals surface area contributed by atoms with Crippen molar-refractivity contribution in [1.29, 1.82) is 0 Å². The summed E-state index contributed by atoms with van der Waals surface area (Å²) >= 11 is 3.73. The van der Waals surface area contributed by atoms with Crippen LogP contribution in [0.2, 0.25) is 0 Å². The van der Waals surface area contributed by atoms with E-state index in [4.69, 9.17) is 4.74 Å². The van der Waals surface area contributed by atoms with Gasteiger partial charge in [0.1, 0.15) is 11.6 Å². The molecule has 0 radical (unpaired) electrons. The molecule has 0 aliphatic carbocycles. The van der Waals surface area contributed by atoms with Gasteiger partial charge in [0, 0.05) is 16.1 Å². The third-order valence-electron chi connectivity index (χ3n) is 8.67. The molecule has 2 aromatic rings. The number of likely N-dealkylation sites (tertiary alicyclic amines) is 1. The summed E-state index contributed by atoms with van der Waals surface area (Å²) in [5, 5.41) is 16.8. The van der Waals surface area contributed by atoms with Crippen LogP contribution < -0.4 is 10.6 Å². The van der Waals surface area contributed by atoms with E-state index < -0.39 is 41.2 Å². The van der Waals surface area contributed by atoms with E-state index in [0.717, 1.165) is 5.56 Å². The van der Waals surface area contributed by atoms with Crippen LogP contribution in [0.5, 0.6) is 0 Å². The van der Waals surface area contributed by atoms with E-state index in [1.807, 2.05) is 62.4 Å². The SMILES string of the molecule is CC(C)(C)CC(C)(C)NC(=O)C1N([C@@H](CO)Cc2ccccc2)C(=O)[C@@H]2[C@@H](C(=O)Nc3ccccc3)[C@@H]3OC12CC3Br. The van der Waals surface area contributed by atoms with Gasteiger partial charge in [-0.25, -0.2) is 0 Å². The van der Waals surface area contributed by atoms with Crippen LogP contribution in [0.1, 0.15) is 53.0 Å².